The lowest BCUT2D eigenvalue weighted by Crippen LogP contribution is -2.47. The van der Waals surface area contributed by atoms with E-state index in [0.717, 1.165) is 17.1 Å². The molecule has 2 N–H and O–H groups in total. The Labute approximate surface area is 148 Å². The van der Waals surface area contributed by atoms with Crippen molar-refractivity contribution >= 4 is 23.6 Å². The van der Waals surface area contributed by atoms with Crippen molar-refractivity contribution < 1.29 is 14.3 Å². The Balaban J connectivity index is 2.73. The zero-order chi connectivity index (χ0) is 17.9. The Morgan fingerprint density at radius 3 is 2.62 bits per heavy atom. The molecule has 0 aliphatic rings. The van der Waals surface area contributed by atoms with Gasteiger partial charge in [-0.2, -0.15) is 11.8 Å². The van der Waals surface area contributed by atoms with Gasteiger partial charge in [-0.1, -0.05) is 19.1 Å². The molecule has 0 aromatic heterocycles. The Morgan fingerprint density at radius 1 is 1.25 bits per heavy atom. The molecule has 24 heavy (non-hydrogen) atoms. The van der Waals surface area contributed by atoms with Gasteiger partial charge in [0.05, 0.1) is 12.6 Å². The topological polar surface area (TPSA) is 67.4 Å². The third-order valence-electron chi connectivity index (χ3n) is 3.61. The van der Waals surface area contributed by atoms with E-state index < -0.39 is 6.04 Å². The quantitative estimate of drug-likeness (QED) is 0.679. The fourth-order valence-electron chi connectivity index (χ4n) is 2.24. The minimum atomic E-state index is -0.498. The molecule has 1 aromatic carbocycles. The van der Waals surface area contributed by atoms with Gasteiger partial charge in [-0.15, -0.1) is 0 Å². The number of benzene rings is 1. The smallest absolute Gasteiger partial charge is 0.243 e. The predicted molar refractivity (Wildman–Crippen MR) is 99.4 cm³/mol. The van der Waals surface area contributed by atoms with Gasteiger partial charge in [-0.3, -0.25) is 9.59 Å². The number of hydrogen-bond acceptors (Lipinski definition) is 4. The molecule has 0 heterocycles. The van der Waals surface area contributed by atoms with Crippen molar-refractivity contribution in [2.45, 2.75) is 45.7 Å². The summed E-state index contributed by atoms with van der Waals surface area (Å²) in [6.07, 6.45) is 2.97. The lowest BCUT2D eigenvalue weighted by Gasteiger charge is -2.21. The molecule has 2 atom stereocenters. The van der Waals surface area contributed by atoms with Crippen LogP contribution in [0.15, 0.2) is 24.3 Å². The first-order chi connectivity index (χ1) is 11.5. The summed E-state index contributed by atoms with van der Waals surface area (Å²) in [7, 11) is 0. The summed E-state index contributed by atoms with van der Waals surface area (Å²) in [5.74, 6) is 1.34. The van der Waals surface area contributed by atoms with Gasteiger partial charge >= 0.3 is 0 Å². The molecule has 1 rings (SSSR count). The van der Waals surface area contributed by atoms with E-state index in [0.29, 0.717) is 19.4 Å². The van der Waals surface area contributed by atoms with Gasteiger partial charge in [-0.25, -0.2) is 0 Å². The summed E-state index contributed by atoms with van der Waals surface area (Å²) in [5.41, 5.74) is 0.972. The Bertz CT molecular complexity index is 537. The summed E-state index contributed by atoms with van der Waals surface area (Å²) >= 11 is 1.66. The largest absolute Gasteiger partial charge is 0.494 e. The number of amides is 2. The minimum Gasteiger partial charge on any atom is -0.494 e. The molecule has 0 unspecified atom stereocenters. The van der Waals surface area contributed by atoms with Gasteiger partial charge in [0.15, 0.2) is 0 Å². The van der Waals surface area contributed by atoms with Gasteiger partial charge < -0.3 is 15.4 Å². The highest BCUT2D eigenvalue weighted by molar-refractivity contribution is 7.98. The lowest BCUT2D eigenvalue weighted by atomic mass is 10.1. The van der Waals surface area contributed by atoms with Crippen LogP contribution in [0.2, 0.25) is 0 Å². The van der Waals surface area contributed by atoms with Crippen LogP contribution in [0.1, 0.15) is 45.2 Å². The van der Waals surface area contributed by atoms with Crippen molar-refractivity contribution in [3.8, 4) is 5.75 Å². The van der Waals surface area contributed by atoms with Crippen LogP contribution >= 0.6 is 11.8 Å². The second-order valence-corrected chi connectivity index (χ2v) is 6.48. The number of hydrogen-bond donors (Lipinski definition) is 2. The average Bonchev–Trinajstić information content (AvgIpc) is 2.58. The Kier molecular flexibility index (Phi) is 9.30. The second-order valence-electron chi connectivity index (χ2n) is 5.49. The van der Waals surface area contributed by atoms with Crippen LogP contribution in [0, 0.1) is 0 Å². The maximum Gasteiger partial charge on any atom is 0.243 e. The number of carbonyl (C=O) groups is 2. The van der Waals surface area contributed by atoms with Crippen LogP contribution in [0.5, 0.6) is 5.75 Å². The van der Waals surface area contributed by atoms with E-state index in [1.165, 1.54) is 0 Å². The van der Waals surface area contributed by atoms with E-state index in [-0.39, 0.29) is 17.9 Å². The van der Waals surface area contributed by atoms with Gasteiger partial charge in [-0.05, 0) is 50.0 Å². The van der Waals surface area contributed by atoms with Crippen molar-refractivity contribution in [2.75, 3.05) is 18.6 Å². The van der Waals surface area contributed by atoms with E-state index in [2.05, 4.69) is 10.6 Å². The molecule has 5 nitrogen and oxygen atoms in total. The Morgan fingerprint density at radius 2 is 2.00 bits per heavy atom. The van der Waals surface area contributed by atoms with Crippen LogP contribution in [0.3, 0.4) is 0 Å². The zero-order valence-electron chi connectivity index (χ0n) is 14.9. The van der Waals surface area contributed by atoms with E-state index in [9.17, 15) is 9.59 Å². The van der Waals surface area contributed by atoms with E-state index >= 15 is 0 Å². The molecular weight excluding hydrogens is 324 g/mol. The Hall–Kier alpha value is -1.69. The van der Waals surface area contributed by atoms with Crippen molar-refractivity contribution in [1.29, 1.82) is 0 Å². The molecule has 0 fully saturated rings. The zero-order valence-corrected chi connectivity index (χ0v) is 15.7. The molecule has 6 heteroatoms. The van der Waals surface area contributed by atoms with E-state index in [4.69, 9.17) is 4.74 Å². The van der Waals surface area contributed by atoms with E-state index in [1.54, 1.807) is 18.7 Å². The third kappa shape index (κ3) is 6.83. The second kappa shape index (κ2) is 11.0. The standard InChI is InChI=1S/C18H28N2O3S/c1-5-17(21)20-16(10-11-24-4)18(22)19-13(3)14-8-7-9-15(12-14)23-6-2/h7-9,12-13,16H,5-6,10-11H2,1-4H3,(H,19,22)(H,20,21)/t13-,16+/m0/s1. The SMILES string of the molecule is CCOc1cccc([C@H](C)NC(=O)[C@@H](CCSC)NC(=O)CC)c1. The number of rotatable bonds is 10. The van der Waals surface area contributed by atoms with Crippen LogP contribution in [-0.4, -0.2) is 36.5 Å². The molecule has 0 aliphatic carbocycles. The maximum atomic E-state index is 12.5. The summed E-state index contributed by atoms with van der Waals surface area (Å²) in [4.78, 5) is 24.2. The summed E-state index contributed by atoms with van der Waals surface area (Å²) in [6.45, 7) is 6.24. The van der Waals surface area contributed by atoms with E-state index in [1.807, 2.05) is 44.4 Å². The predicted octanol–water partition coefficient (Wildman–Crippen LogP) is 2.91. The molecule has 0 spiro atoms. The molecule has 0 radical (unpaired) electrons. The molecule has 1 aromatic rings. The van der Waals surface area contributed by atoms with Gasteiger partial charge in [0.1, 0.15) is 11.8 Å². The summed E-state index contributed by atoms with van der Waals surface area (Å²) < 4.78 is 5.50. The first-order valence-corrected chi connectivity index (χ1v) is 9.72. The van der Waals surface area contributed by atoms with Crippen molar-refractivity contribution in [2.24, 2.45) is 0 Å². The summed E-state index contributed by atoms with van der Waals surface area (Å²) in [6, 6.07) is 7.03. The highest BCUT2D eigenvalue weighted by atomic mass is 32.2. The van der Waals surface area contributed by atoms with Gasteiger partial charge in [0.25, 0.3) is 0 Å². The maximum absolute atomic E-state index is 12.5. The lowest BCUT2D eigenvalue weighted by molar-refractivity contribution is -0.129. The van der Waals surface area contributed by atoms with Crippen molar-refractivity contribution in [3.63, 3.8) is 0 Å². The van der Waals surface area contributed by atoms with Crippen molar-refractivity contribution in [3.05, 3.63) is 29.8 Å². The fourth-order valence-corrected chi connectivity index (χ4v) is 2.71. The summed E-state index contributed by atoms with van der Waals surface area (Å²) in [5, 5.41) is 5.79. The monoisotopic (exact) mass is 352 g/mol. The molecule has 2 amide bonds. The van der Waals surface area contributed by atoms with Crippen LogP contribution in [0.25, 0.3) is 0 Å². The normalized spacial score (nSPS) is 13.0. The highest BCUT2D eigenvalue weighted by Crippen LogP contribution is 2.19. The highest BCUT2D eigenvalue weighted by Gasteiger charge is 2.21. The average molecular weight is 353 g/mol. The molecule has 0 aliphatic heterocycles. The van der Waals surface area contributed by atoms with Crippen LogP contribution in [0.4, 0.5) is 0 Å². The van der Waals surface area contributed by atoms with Crippen molar-refractivity contribution in [1.82, 2.24) is 10.6 Å². The molecule has 0 saturated carbocycles. The number of carbonyl (C=O) groups excluding carboxylic acids is 2. The van der Waals surface area contributed by atoms with Crippen LogP contribution in [-0.2, 0) is 9.59 Å². The number of ether oxygens (including phenoxy) is 1. The molecule has 0 saturated heterocycles. The van der Waals surface area contributed by atoms with Gasteiger partial charge in [0.2, 0.25) is 11.8 Å². The molecular formula is C18H28N2O3S. The molecule has 0 bridgehead atoms. The molecule has 134 valence electrons. The first kappa shape index (κ1) is 20.4. The minimum absolute atomic E-state index is 0.109. The number of thioether (sulfide) groups is 1. The first-order valence-electron chi connectivity index (χ1n) is 8.33. The fraction of sp³-hybridized carbons (Fsp3) is 0.556. The third-order valence-corrected chi connectivity index (χ3v) is 4.26. The number of nitrogens with one attached hydrogen (secondary N) is 2. The van der Waals surface area contributed by atoms with Crippen LogP contribution < -0.4 is 15.4 Å². The van der Waals surface area contributed by atoms with Gasteiger partial charge in [0, 0.05) is 6.42 Å².